The highest BCUT2D eigenvalue weighted by molar-refractivity contribution is 5.67. The van der Waals surface area contributed by atoms with E-state index in [1.165, 1.54) is 0 Å². The highest BCUT2D eigenvalue weighted by atomic mass is 16.5. The molecule has 4 heteroatoms. The quantitative estimate of drug-likeness (QED) is 0.835. The van der Waals surface area contributed by atoms with Crippen molar-refractivity contribution in [1.29, 1.82) is 0 Å². The van der Waals surface area contributed by atoms with Crippen molar-refractivity contribution in [3.05, 3.63) is 0 Å². The van der Waals surface area contributed by atoms with E-state index in [0.717, 1.165) is 25.9 Å². The van der Waals surface area contributed by atoms with E-state index < -0.39 is 0 Å². The number of ether oxygens (including phenoxy) is 1. The van der Waals surface area contributed by atoms with Gasteiger partial charge in [-0.25, -0.2) is 4.79 Å². The Kier molecular flexibility index (Phi) is 6.63. The van der Waals surface area contributed by atoms with Crippen LogP contribution in [0.4, 0.5) is 4.79 Å². The van der Waals surface area contributed by atoms with E-state index in [2.05, 4.69) is 37.9 Å². The molecule has 0 aromatic rings. The van der Waals surface area contributed by atoms with Crippen LogP contribution in [0.1, 0.15) is 47.5 Å². The van der Waals surface area contributed by atoms with Crippen molar-refractivity contribution < 1.29 is 9.53 Å². The topological polar surface area (TPSA) is 41.6 Å². The number of alkyl carbamates (subject to hydrolysis) is 1. The molecule has 4 nitrogen and oxygen atoms in total. The molecule has 0 radical (unpaired) electrons. The highest BCUT2D eigenvalue weighted by Crippen LogP contribution is 2.25. The first kappa shape index (κ1) is 16.3. The predicted molar refractivity (Wildman–Crippen MR) is 78.2 cm³/mol. The number of likely N-dealkylation sites (tertiary alicyclic amines) is 1. The number of nitrogens with zero attached hydrogens (tertiary/aromatic N) is 1. The van der Waals surface area contributed by atoms with Crippen molar-refractivity contribution in [2.24, 2.45) is 11.8 Å². The maximum atomic E-state index is 11.6. The maximum Gasteiger partial charge on any atom is 0.407 e. The Bertz CT molecular complexity index is 281. The van der Waals surface area contributed by atoms with Crippen LogP contribution in [0.2, 0.25) is 0 Å². The summed E-state index contributed by atoms with van der Waals surface area (Å²) in [5.41, 5.74) is 0. The monoisotopic (exact) mass is 270 g/mol. The van der Waals surface area contributed by atoms with E-state index in [0.29, 0.717) is 24.5 Å². The summed E-state index contributed by atoms with van der Waals surface area (Å²) in [6.07, 6.45) is 1.93. The summed E-state index contributed by atoms with van der Waals surface area (Å²) in [7, 11) is 0. The van der Waals surface area contributed by atoms with Gasteiger partial charge in [-0.3, -0.25) is 4.90 Å². The SMILES string of the molecule is CCOC(=O)NC1CC(C(C)C)CN(C(C)CC)C1. The van der Waals surface area contributed by atoms with Crippen LogP contribution in [0.15, 0.2) is 0 Å². The zero-order valence-electron chi connectivity index (χ0n) is 13.1. The molecule has 0 saturated carbocycles. The number of carbonyl (C=O) groups is 1. The molecule has 0 bridgehead atoms. The van der Waals surface area contributed by atoms with Gasteiger partial charge in [0.25, 0.3) is 0 Å². The van der Waals surface area contributed by atoms with E-state index in [1.807, 2.05) is 6.92 Å². The van der Waals surface area contributed by atoms with Crippen molar-refractivity contribution >= 4 is 6.09 Å². The summed E-state index contributed by atoms with van der Waals surface area (Å²) in [6.45, 7) is 13.4. The van der Waals surface area contributed by atoms with Crippen molar-refractivity contribution in [1.82, 2.24) is 10.2 Å². The lowest BCUT2D eigenvalue weighted by Crippen LogP contribution is -2.54. The summed E-state index contributed by atoms with van der Waals surface area (Å²) in [5.74, 6) is 1.30. The molecule has 0 aromatic heterocycles. The Hall–Kier alpha value is -0.770. The Balaban J connectivity index is 2.62. The molecule has 1 aliphatic rings. The third-order valence-electron chi connectivity index (χ3n) is 4.27. The summed E-state index contributed by atoms with van der Waals surface area (Å²) >= 11 is 0. The summed E-state index contributed by atoms with van der Waals surface area (Å²) in [5, 5.41) is 3.01. The fourth-order valence-corrected chi connectivity index (χ4v) is 2.72. The van der Waals surface area contributed by atoms with Gasteiger partial charge >= 0.3 is 6.09 Å². The van der Waals surface area contributed by atoms with Crippen molar-refractivity contribution in [2.45, 2.75) is 59.5 Å². The van der Waals surface area contributed by atoms with Crippen LogP contribution in [0.5, 0.6) is 0 Å². The molecule has 112 valence electrons. The van der Waals surface area contributed by atoms with Gasteiger partial charge in [-0.1, -0.05) is 20.8 Å². The lowest BCUT2D eigenvalue weighted by molar-refractivity contribution is 0.0770. The first-order chi connectivity index (χ1) is 8.97. The van der Waals surface area contributed by atoms with Gasteiger partial charge in [0.15, 0.2) is 0 Å². The van der Waals surface area contributed by atoms with Crippen molar-refractivity contribution in [2.75, 3.05) is 19.7 Å². The number of carbonyl (C=O) groups excluding carboxylic acids is 1. The van der Waals surface area contributed by atoms with Gasteiger partial charge in [0, 0.05) is 25.2 Å². The number of rotatable bonds is 5. The molecule has 1 fully saturated rings. The fourth-order valence-electron chi connectivity index (χ4n) is 2.72. The second-order valence-electron chi connectivity index (χ2n) is 6.01. The molecule has 1 aliphatic heterocycles. The third-order valence-corrected chi connectivity index (χ3v) is 4.27. The van der Waals surface area contributed by atoms with Crippen molar-refractivity contribution in [3.63, 3.8) is 0 Å². The van der Waals surface area contributed by atoms with E-state index in [-0.39, 0.29) is 12.1 Å². The Morgan fingerprint density at radius 3 is 2.53 bits per heavy atom. The molecule has 1 heterocycles. The third kappa shape index (κ3) is 5.01. The standard InChI is InChI=1S/C15H30N2O2/c1-6-12(5)17-9-13(11(3)4)8-14(10-17)16-15(18)19-7-2/h11-14H,6-10H2,1-5H3,(H,16,18). The van der Waals surface area contributed by atoms with Crippen LogP contribution < -0.4 is 5.32 Å². The Morgan fingerprint density at radius 2 is 2.00 bits per heavy atom. The number of piperidine rings is 1. The van der Waals surface area contributed by atoms with Crippen LogP contribution in [0.25, 0.3) is 0 Å². The zero-order valence-corrected chi connectivity index (χ0v) is 13.1. The molecule has 0 aromatic carbocycles. The minimum Gasteiger partial charge on any atom is -0.450 e. The molecular weight excluding hydrogens is 240 g/mol. The number of hydrogen-bond donors (Lipinski definition) is 1. The molecule has 0 aliphatic carbocycles. The zero-order chi connectivity index (χ0) is 14.4. The predicted octanol–water partition coefficient (Wildman–Crippen LogP) is 2.88. The van der Waals surface area contributed by atoms with E-state index in [1.54, 1.807) is 0 Å². The summed E-state index contributed by atoms with van der Waals surface area (Å²) in [6, 6.07) is 0.794. The van der Waals surface area contributed by atoms with Crippen LogP contribution in [0, 0.1) is 11.8 Å². The highest BCUT2D eigenvalue weighted by Gasteiger charge is 2.31. The number of amides is 1. The van der Waals surface area contributed by atoms with E-state index in [9.17, 15) is 4.79 Å². The van der Waals surface area contributed by atoms with Gasteiger partial charge in [-0.05, 0) is 38.5 Å². The summed E-state index contributed by atoms with van der Waals surface area (Å²) < 4.78 is 4.99. The van der Waals surface area contributed by atoms with E-state index in [4.69, 9.17) is 4.74 Å². The first-order valence-corrected chi connectivity index (χ1v) is 7.65. The maximum absolute atomic E-state index is 11.6. The molecule has 1 N–H and O–H groups in total. The van der Waals surface area contributed by atoms with Crippen LogP contribution in [-0.4, -0.2) is 42.8 Å². The molecule has 19 heavy (non-hydrogen) atoms. The van der Waals surface area contributed by atoms with Gasteiger partial charge in [-0.15, -0.1) is 0 Å². The van der Waals surface area contributed by atoms with Crippen LogP contribution in [-0.2, 0) is 4.74 Å². The molecular formula is C15H30N2O2. The van der Waals surface area contributed by atoms with Crippen LogP contribution >= 0.6 is 0 Å². The van der Waals surface area contributed by atoms with Gasteiger partial charge in [-0.2, -0.15) is 0 Å². The van der Waals surface area contributed by atoms with Gasteiger partial charge < -0.3 is 10.1 Å². The molecule has 0 spiro atoms. The second kappa shape index (κ2) is 7.73. The number of nitrogens with one attached hydrogen (secondary N) is 1. The smallest absolute Gasteiger partial charge is 0.407 e. The lowest BCUT2D eigenvalue weighted by Gasteiger charge is -2.42. The normalized spacial score (nSPS) is 26.2. The Morgan fingerprint density at radius 1 is 1.32 bits per heavy atom. The molecule has 1 saturated heterocycles. The largest absolute Gasteiger partial charge is 0.450 e. The van der Waals surface area contributed by atoms with E-state index >= 15 is 0 Å². The lowest BCUT2D eigenvalue weighted by atomic mass is 9.85. The molecule has 1 rings (SSSR count). The first-order valence-electron chi connectivity index (χ1n) is 7.65. The van der Waals surface area contributed by atoms with Gasteiger partial charge in [0.2, 0.25) is 0 Å². The number of hydrogen-bond acceptors (Lipinski definition) is 3. The van der Waals surface area contributed by atoms with Gasteiger partial charge in [0.05, 0.1) is 6.61 Å². The Labute approximate surface area is 117 Å². The summed E-state index contributed by atoms with van der Waals surface area (Å²) in [4.78, 5) is 14.1. The second-order valence-corrected chi connectivity index (χ2v) is 6.01. The average Bonchev–Trinajstić information content (AvgIpc) is 2.37. The van der Waals surface area contributed by atoms with Gasteiger partial charge in [0.1, 0.15) is 0 Å². The van der Waals surface area contributed by atoms with Crippen molar-refractivity contribution in [3.8, 4) is 0 Å². The molecule has 3 unspecified atom stereocenters. The molecule has 1 amide bonds. The minimum atomic E-state index is -0.277. The minimum absolute atomic E-state index is 0.217. The molecule has 3 atom stereocenters. The average molecular weight is 270 g/mol. The fraction of sp³-hybridized carbons (Fsp3) is 0.933. The van der Waals surface area contributed by atoms with Crippen LogP contribution in [0.3, 0.4) is 0 Å².